The van der Waals surface area contributed by atoms with Crippen molar-refractivity contribution in [2.75, 3.05) is 0 Å². The molecule has 0 aliphatic carbocycles. The van der Waals surface area contributed by atoms with Gasteiger partial charge in [-0.2, -0.15) is 0 Å². The van der Waals surface area contributed by atoms with Crippen LogP contribution in [0.15, 0.2) is 30.3 Å². The fourth-order valence-corrected chi connectivity index (χ4v) is 1.02. The topological polar surface area (TPSA) is 66.8 Å². The molecule has 0 heterocycles. The Morgan fingerprint density at radius 3 is 2.08 bits per heavy atom. The predicted molar refractivity (Wildman–Crippen MR) is 39.1 cm³/mol. The summed E-state index contributed by atoms with van der Waals surface area (Å²) >= 11 is 0. The zero-order chi connectivity index (χ0) is 8.32. The summed E-state index contributed by atoms with van der Waals surface area (Å²) in [5.74, 6) is 0.167. The Kier molecular flexibility index (Phi) is 5.54. The molecule has 0 fully saturated rings. The molecule has 0 saturated heterocycles. The second kappa shape index (κ2) is 5.30. The molecule has 2 N–H and O–H groups in total. The number of benzene rings is 1. The van der Waals surface area contributed by atoms with E-state index in [0.29, 0.717) is 0 Å². The molecule has 63 valence electrons. The molecule has 4 nitrogen and oxygen atoms in total. The van der Waals surface area contributed by atoms with Gasteiger partial charge in [0.05, 0.1) is 0 Å². The Hall–Kier alpha value is 0.534. The van der Waals surface area contributed by atoms with Crippen molar-refractivity contribution in [2.24, 2.45) is 0 Å². The van der Waals surface area contributed by atoms with Crippen molar-refractivity contribution in [3.8, 4) is 5.75 Å². The molecule has 0 saturated carbocycles. The van der Waals surface area contributed by atoms with Gasteiger partial charge in [-0.05, 0) is 12.1 Å². The van der Waals surface area contributed by atoms with Crippen molar-refractivity contribution in [2.45, 2.75) is 0 Å². The van der Waals surface area contributed by atoms with E-state index in [1.165, 1.54) is 12.1 Å². The van der Waals surface area contributed by atoms with Gasteiger partial charge in [0.2, 0.25) is 0 Å². The standard InChI is InChI=1S/C6H7O4P.Pr/c7-11(8,9)10-6-4-2-1-3-5-6;/h1-5H,(H2,7,8,9);. The Labute approximate surface area is 103 Å². The second-order valence-corrected chi connectivity index (χ2v) is 3.06. The summed E-state index contributed by atoms with van der Waals surface area (Å²) in [6, 6.07) is 7.93. The van der Waals surface area contributed by atoms with Gasteiger partial charge < -0.3 is 4.52 Å². The van der Waals surface area contributed by atoms with Crippen LogP contribution in [0.4, 0.5) is 0 Å². The third-order valence-corrected chi connectivity index (χ3v) is 1.42. The van der Waals surface area contributed by atoms with E-state index in [4.69, 9.17) is 9.79 Å². The van der Waals surface area contributed by atoms with Crippen LogP contribution in [0.3, 0.4) is 0 Å². The van der Waals surface area contributed by atoms with Gasteiger partial charge in [-0.3, -0.25) is 9.79 Å². The van der Waals surface area contributed by atoms with Crippen LogP contribution in [0.25, 0.3) is 0 Å². The maximum absolute atomic E-state index is 10.3. The van der Waals surface area contributed by atoms with Crippen LogP contribution in [0.5, 0.6) is 5.75 Å². The molecule has 0 aliphatic heterocycles. The van der Waals surface area contributed by atoms with Crippen molar-refractivity contribution >= 4 is 7.82 Å². The summed E-state index contributed by atoms with van der Waals surface area (Å²) in [6.45, 7) is 0. The van der Waals surface area contributed by atoms with E-state index in [1.54, 1.807) is 18.2 Å². The van der Waals surface area contributed by atoms with Gasteiger partial charge in [0, 0.05) is 41.3 Å². The van der Waals surface area contributed by atoms with Gasteiger partial charge in [-0.1, -0.05) is 18.2 Å². The average molecular weight is 315 g/mol. The molecule has 0 spiro atoms. The minimum Gasteiger partial charge on any atom is -0.404 e. The Bertz CT molecular complexity index is 270. The number of hydrogen-bond acceptors (Lipinski definition) is 2. The van der Waals surface area contributed by atoms with Crippen molar-refractivity contribution in [1.29, 1.82) is 0 Å². The van der Waals surface area contributed by atoms with Crippen LogP contribution in [0.2, 0.25) is 0 Å². The molecular formula is C6H7O4PPr. The van der Waals surface area contributed by atoms with Crippen LogP contribution in [0.1, 0.15) is 0 Å². The fourth-order valence-electron chi connectivity index (χ4n) is 0.619. The monoisotopic (exact) mass is 315 g/mol. The van der Waals surface area contributed by atoms with Crippen LogP contribution in [-0.2, 0) is 4.57 Å². The molecule has 12 heavy (non-hydrogen) atoms. The van der Waals surface area contributed by atoms with E-state index < -0.39 is 7.82 Å². The van der Waals surface area contributed by atoms with E-state index in [0.717, 1.165) is 0 Å². The van der Waals surface area contributed by atoms with Crippen molar-refractivity contribution < 1.29 is 60.2 Å². The van der Waals surface area contributed by atoms with Gasteiger partial charge in [-0.15, -0.1) is 0 Å². The van der Waals surface area contributed by atoms with Crippen LogP contribution < -0.4 is 4.52 Å². The first kappa shape index (κ1) is 12.5. The van der Waals surface area contributed by atoms with Gasteiger partial charge in [0.15, 0.2) is 0 Å². The number of phosphoric ester groups is 1. The first-order valence-corrected chi connectivity index (χ1v) is 4.41. The first-order valence-electron chi connectivity index (χ1n) is 2.88. The number of para-hydroxylation sites is 1. The van der Waals surface area contributed by atoms with Gasteiger partial charge in [0.1, 0.15) is 5.75 Å². The molecular weight excluding hydrogens is 308 g/mol. The molecule has 1 rings (SSSR count). The Morgan fingerprint density at radius 2 is 1.67 bits per heavy atom. The van der Waals surface area contributed by atoms with Gasteiger partial charge in [0.25, 0.3) is 0 Å². The third-order valence-electron chi connectivity index (χ3n) is 0.968. The van der Waals surface area contributed by atoms with Crippen LogP contribution in [-0.4, -0.2) is 9.79 Å². The van der Waals surface area contributed by atoms with E-state index in [-0.39, 0.29) is 47.0 Å². The molecule has 0 aromatic heterocycles. The molecule has 0 atom stereocenters. The normalized spacial score (nSPS) is 10.2. The quantitative estimate of drug-likeness (QED) is 0.804. The molecule has 0 bridgehead atoms. The van der Waals surface area contributed by atoms with E-state index in [9.17, 15) is 4.57 Å². The second-order valence-electron chi connectivity index (χ2n) is 1.89. The number of rotatable bonds is 2. The molecule has 0 unspecified atom stereocenters. The maximum Gasteiger partial charge on any atom is 0.524 e. The average Bonchev–Trinajstić information content (AvgIpc) is 1.85. The summed E-state index contributed by atoms with van der Waals surface area (Å²) in [5, 5.41) is 0. The Morgan fingerprint density at radius 1 is 1.17 bits per heavy atom. The van der Waals surface area contributed by atoms with Crippen molar-refractivity contribution in [1.82, 2.24) is 0 Å². The number of hydrogen-bond donors (Lipinski definition) is 2. The van der Waals surface area contributed by atoms with Crippen LogP contribution >= 0.6 is 7.82 Å². The molecule has 6 heteroatoms. The summed E-state index contributed by atoms with van der Waals surface area (Å²) in [7, 11) is -4.39. The van der Waals surface area contributed by atoms with E-state index in [1.807, 2.05) is 0 Å². The van der Waals surface area contributed by atoms with E-state index >= 15 is 0 Å². The van der Waals surface area contributed by atoms with Gasteiger partial charge in [-0.25, -0.2) is 4.57 Å². The van der Waals surface area contributed by atoms with Crippen LogP contribution in [0, 0.1) is 41.3 Å². The van der Waals surface area contributed by atoms with E-state index in [2.05, 4.69) is 4.52 Å². The molecule has 0 amide bonds. The van der Waals surface area contributed by atoms with Gasteiger partial charge >= 0.3 is 7.82 Å². The summed E-state index contributed by atoms with van der Waals surface area (Å²) in [6.07, 6.45) is 0. The predicted octanol–water partition coefficient (Wildman–Crippen LogP) is 1.16. The molecule has 1 aromatic carbocycles. The summed E-state index contributed by atoms with van der Waals surface area (Å²) in [4.78, 5) is 16.7. The van der Waals surface area contributed by atoms with Crippen molar-refractivity contribution in [3.63, 3.8) is 0 Å². The zero-order valence-corrected chi connectivity index (χ0v) is 10.7. The Balaban J connectivity index is 0.00000121. The minimum atomic E-state index is -4.39. The maximum atomic E-state index is 10.3. The number of phosphoric acid groups is 1. The summed E-state index contributed by atoms with van der Waals surface area (Å²) < 4.78 is 14.5. The zero-order valence-electron chi connectivity index (χ0n) is 6.12. The minimum absolute atomic E-state index is 0. The van der Waals surface area contributed by atoms with Crippen molar-refractivity contribution in [3.05, 3.63) is 30.3 Å². The third kappa shape index (κ3) is 5.23. The SMILES string of the molecule is O=P(O)(O)Oc1ccccc1.[Pr]. The molecule has 0 aliphatic rings. The molecule has 1 radical (unpaired) electrons. The summed E-state index contributed by atoms with van der Waals surface area (Å²) in [5.41, 5.74) is 0. The smallest absolute Gasteiger partial charge is 0.404 e. The largest absolute Gasteiger partial charge is 0.524 e. The molecule has 1 aromatic rings. The first-order chi connectivity index (χ1) is 5.08. The fraction of sp³-hybridized carbons (Fsp3) is 0.